The molecule has 0 fully saturated rings. The van der Waals surface area contributed by atoms with Crippen LogP contribution in [0.5, 0.6) is 0 Å². The number of hydrogen-bond acceptors (Lipinski definition) is 3. The molecule has 0 rings (SSSR count). The van der Waals surface area contributed by atoms with Gasteiger partial charge in [0.2, 0.25) is 0 Å². The second kappa shape index (κ2) is 6.69. The predicted molar refractivity (Wildman–Crippen MR) is 67.3 cm³/mol. The van der Waals surface area contributed by atoms with E-state index in [1.165, 1.54) is 0 Å². The lowest BCUT2D eigenvalue weighted by molar-refractivity contribution is -0.139. The standard InChI is InChI=1S/C13H25NO2/c1-8-16-13(15)11(6)12(7)14(9(2)3)10(4)5/h9-10,12H,6,8H2,1-5,7H3. The monoisotopic (exact) mass is 227 g/mol. The van der Waals surface area contributed by atoms with Crippen molar-refractivity contribution >= 4 is 5.97 Å². The maximum atomic E-state index is 11.6. The fourth-order valence-electron chi connectivity index (χ4n) is 2.07. The van der Waals surface area contributed by atoms with Gasteiger partial charge in [-0.25, -0.2) is 4.79 Å². The van der Waals surface area contributed by atoms with Crippen molar-refractivity contribution in [3.63, 3.8) is 0 Å². The van der Waals surface area contributed by atoms with Crippen LogP contribution in [0.4, 0.5) is 0 Å². The van der Waals surface area contributed by atoms with Gasteiger partial charge in [-0.2, -0.15) is 0 Å². The van der Waals surface area contributed by atoms with Gasteiger partial charge in [0.25, 0.3) is 0 Å². The molecule has 0 N–H and O–H groups in total. The van der Waals surface area contributed by atoms with Gasteiger partial charge in [-0.1, -0.05) is 6.58 Å². The van der Waals surface area contributed by atoms with Crippen molar-refractivity contribution < 1.29 is 9.53 Å². The minimum absolute atomic E-state index is 0.0130. The molecule has 0 aliphatic heterocycles. The molecule has 0 aromatic heterocycles. The molecule has 0 bridgehead atoms. The van der Waals surface area contributed by atoms with Gasteiger partial charge in [0.1, 0.15) is 0 Å². The van der Waals surface area contributed by atoms with Gasteiger partial charge in [-0.3, -0.25) is 4.90 Å². The molecule has 0 saturated heterocycles. The zero-order chi connectivity index (χ0) is 12.9. The topological polar surface area (TPSA) is 29.5 Å². The number of carbonyl (C=O) groups is 1. The van der Waals surface area contributed by atoms with E-state index in [-0.39, 0.29) is 12.0 Å². The zero-order valence-corrected chi connectivity index (χ0v) is 11.4. The van der Waals surface area contributed by atoms with Crippen LogP contribution in [-0.2, 0) is 9.53 Å². The van der Waals surface area contributed by atoms with Crippen molar-refractivity contribution in [3.8, 4) is 0 Å². The van der Waals surface area contributed by atoms with E-state index in [1.807, 2.05) is 6.92 Å². The average molecular weight is 227 g/mol. The largest absolute Gasteiger partial charge is 0.463 e. The molecule has 0 spiro atoms. The molecule has 3 nitrogen and oxygen atoms in total. The van der Waals surface area contributed by atoms with E-state index in [0.717, 1.165) is 0 Å². The average Bonchev–Trinajstić information content (AvgIpc) is 2.15. The van der Waals surface area contributed by atoms with Crippen molar-refractivity contribution in [3.05, 3.63) is 12.2 Å². The number of esters is 1. The molecule has 0 saturated carbocycles. The van der Waals surface area contributed by atoms with Gasteiger partial charge in [0, 0.05) is 23.7 Å². The van der Waals surface area contributed by atoms with E-state index in [4.69, 9.17) is 4.74 Å². The Bertz CT molecular complexity index is 238. The number of nitrogens with zero attached hydrogens (tertiary/aromatic N) is 1. The van der Waals surface area contributed by atoms with Crippen molar-refractivity contribution in [1.82, 2.24) is 4.90 Å². The van der Waals surface area contributed by atoms with E-state index in [0.29, 0.717) is 24.3 Å². The molecule has 0 aromatic rings. The second-order valence-corrected chi connectivity index (χ2v) is 4.56. The summed E-state index contributed by atoms with van der Waals surface area (Å²) in [5, 5.41) is 0. The molecule has 0 aromatic carbocycles. The first kappa shape index (κ1) is 15.2. The summed E-state index contributed by atoms with van der Waals surface area (Å²) in [7, 11) is 0. The van der Waals surface area contributed by atoms with E-state index >= 15 is 0 Å². The van der Waals surface area contributed by atoms with Crippen LogP contribution in [0.15, 0.2) is 12.2 Å². The Morgan fingerprint density at radius 1 is 1.19 bits per heavy atom. The second-order valence-electron chi connectivity index (χ2n) is 4.56. The highest BCUT2D eigenvalue weighted by atomic mass is 16.5. The summed E-state index contributed by atoms with van der Waals surface area (Å²) in [5.74, 6) is -0.290. The van der Waals surface area contributed by atoms with Gasteiger partial charge in [0.05, 0.1) is 6.61 Å². The number of rotatable bonds is 6. The van der Waals surface area contributed by atoms with Crippen molar-refractivity contribution in [2.75, 3.05) is 6.61 Å². The maximum Gasteiger partial charge on any atom is 0.334 e. The highest BCUT2D eigenvalue weighted by molar-refractivity contribution is 5.89. The molecule has 0 heterocycles. The summed E-state index contributed by atoms with van der Waals surface area (Å²) in [6.45, 7) is 16.5. The fraction of sp³-hybridized carbons (Fsp3) is 0.769. The molecule has 0 aliphatic carbocycles. The lowest BCUT2D eigenvalue weighted by Gasteiger charge is -2.36. The normalized spacial score (nSPS) is 13.3. The van der Waals surface area contributed by atoms with Crippen LogP contribution in [0.1, 0.15) is 41.5 Å². The fourth-order valence-corrected chi connectivity index (χ4v) is 2.07. The van der Waals surface area contributed by atoms with E-state index in [2.05, 4.69) is 39.2 Å². The van der Waals surface area contributed by atoms with Crippen LogP contribution in [-0.4, -0.2) is 35.6 Å². The Morgan fingerprint density at radius 3 is 1.94 bits per heavy atom. The van der Waals surface area contributed by atoms with Crippen LogP contribution in [0.2, 0.25) is 0 Å². The van der Waals surface area contributed by atoms with Gasteiger partial charge in [-0.05, 0) is 41.5 Å². The first-order valence-corrected chi connectivity index (χ1v) is 5.96. The first-order valence-electron chi connectivity index (χ1n) is 5.96. The third-order valence-electron chi connectivity index (χ3n) is 2.68. The van der Waals surface area contributed by atoms with Gasteiger partial charge in [0.15, 0.2) is 0 Å². The Kier molecular flexibility index (Phi) is 6.34. The quantitative estimate of drug-likeness (QED) is 0.516. The van der Waals surface area contributed by atoms with Gasteiger partial charge < -0.3 is 4.74 Å². The van der Waals surface area contributed by atoms with Crippen molar-refractivity contribution in [2.24, 2.45) is 0 Å². The summed E-state index contributed by atoms with van der Waals surface area (Å²) in [6, 6.07) is 0.765. The highest BCUT2D eigenvalue weighted by Crippen LogP contribution is 2.17. The first-order chi connectivity index (χ1) is 7.32. The van der Waals surface area contributed by atoms with Crippen LogP contribution < -0.4 is 0 Å². The molecular weight excluding hydrogens is 202 g/mol. The summed E-state index contributed by atoms with van der Waals surface area (Å²) in [6.07, 6.45) is 0. The van der Waals surface area contributed by atoms with Crippen LogP contribution in [0.3, 0.4) is 0 Å². The summed E-state index contributed by atoms with van der Waals surface area (Å²) in [4.78, 5) is 13.8. The van der Waals surface area contributed by atoms with Gasteiger partial charge >= 0.3 is 5.97 Å². The van der Waals surface area contributed by atoms with Crippen LogP contribution >= 0.6 is 0 Å². The Morgan fingerprint density at radius 2 is 1.62 bits per heavy atom. The zero-order valence-electron chi connectivity index (χ0n) is 11.4. The smallest absolute Gasteiger partial charge is 0.334 e. The molecule has 16 heavy (non-hydrogen) atoms. The third-order valence-corrected chi connectivity index (χ3v) is 2.68. The molecular formula is C13H25NO2. The summed E-state index contributed by atoms with van der Waals surface area (Å²) < 4.78 is 4.97. The van der Waals surface area contributed by atoms with E-state index in [9.17, 15) is 4.79 Å². The Hall–Kier alpha value is -0.830. The van der Waals surface area contributed by atoms with Crippen LogP contribution in [0.25, 0.3) is 0 Å². The van der Waals surface area contributed by atoms with Crippen molar-refractivity contribution in [1.29, 1.82) is 0 Å². The Balaban J connectivity index is 4.68. The summed E-state index contributed by atoms with van der Waals surface area (Å²) >= 11 is 0. The lowest BCUT2D eigenvalue weighted by atomic mass is 10.1. The van der Waals surface area contributed by atoms with E-state index < -0.39 is 0 Å². The third kappa shape index (κ3) is 3.97. The lowest BCUT2D eigenvalue weighted by Crippen LogP contribution is -2.45. The molecule has 1 atom stereocenters. The maximum absolute atomic E-state index is 11.6. The predicted octanol–water partition coefficient (Wildman–Crippen LogP) is 2.61. The molecule has 1 unspecified atom stereocenters. The minimum Gasteiger partial charge on any atom is -0.463 e. The molecule has 0 radical (unpaired) electrons. The summed E-state index contributed by atoms with van der Waals surface area (Å²) in [5.41, 5.74) is 0.532. The molecule has 94 valence electrons. The minimum atomic E-state index is -0.290. The number of carbonyl (C=O) groups excluding carboxylic acids is 1. The molecule has 0 aliphatic rings. The van der Waals surface area contributed by atoms with Gasteiger partial charge in [-0.15, -0.1) is 0 Å². The SMILES string of the molecule is C=C(C(=O)OCC)C(C)N(C(C)C)C(C)C. The highest BCUT2D eigenvalue weighted by Gasteiger charge is 2.26. The van der Waals surface area contributed by atoms with E-state index in [1.54, 1.807) is 6.92 Å². The molecule has 3 heteroatoms. The number of ether oxygens (including phenoxy) is 1. The number of hydrogen-bond donors (Lipinski definition) is 0. The Labute approximate surface area is 99.5 Å². The van der Waals surface area contributed by atoms with Crippen LogP contribution in [0, 0.1) is 0 Å². The van der Waals surface area contributed by atoms with Crippen molar-refractivity contribution in [2.45, 2.75) is 59.7 Å². The molecule has 0 amide bonds.